The number of nitrogens with zero attached hydrogens (tertiary/aromatic N) is 3. The third kappa shape index (κ3) is 2.81. The average molecular weight is 295 g/mol. The molecule has 9 heteroatoms. The van der Waals surface area contributed by atoms with Crippen molar-refractivity contribution < 1.29 is 9.90 Å². The molecule has 0 atom stereocenters. The largest absolute Gasteiger partial charge is 0.481 e. The fraction of sp³-hybridized carbons (Fsp3) is 0.500. The third-order valence-electron chi connectivity index (χ3n) is 3.17. The van der Waals surface area contributed by atoms with Gasteiger partial charge in [-0.2, -0.15) is 4.98 Å². The lowest BCUT2D eigenvalue weighted by Crippen LogP contribution is -2.29. The Bertz CT molecular complexity index is 785. The number of carboxylic acid groups (broad SMARTS) is 1. The number of rotatable bonds is 6. The number of fused-ring (bicyclic) bond motifs is 1. The number of aromatic nitrogens is 4. The molecule has 114 valence electrons. The van der Waals surface area contributed by atoms with Crippen LogP contribution in [0.3, 0.4) is 0 Å². The fourth-order valence-corrected chi connectivity index (χ4v) is 2.12. The van der Waals surface area contributed by atoms with E-state index in [1.807, 2.05) is 6.92 Å². The van der Waals surface area contributed by atoms with Crippen LogP contribution in [0.1, 0.15) is 19.8 Å². The first-order valence-corrected chi connectivity index (χ1v) is 6.61. The number of H-pyrrole nitrogens is 1. The van der Waals surface area contributed by atoms with E-state index in [-0.39, 0.29) is 6.42 Å². The molecule has 2 aromatic rings. The van der Waals surface area contributed by atoms with Gasteiger partial charge in [-0.1, -0.05) is 0 Å². The number of aliphatic carboxylic acids is 1. The maximum absolute atomic E-state index is 11.9. The standard InChI is InChI=1S/C12H17N5O4/c1-3-17-8-9(16(2)12(21)15-10(8)20)14-11(17)13-6-4-5-7(18)19/h3-6H2,1-2H3,(H,13,14)(H,18,19)(H,15,20,21). The van der Waals surface area contributed by atoms with Crippen LogP contribution in [0.4, 0.5) is 5.95 Å². The lowest BCUT2D eigenvalue weighted by Gasteiger charge is -2.07. The normalized spacial score (nSPS) is 11.0. The van der Waals surface area contributed by atoms with Crippen LogP contribution >= 0.6 is 0 Å². The molecular formula is C12H17N5O4. The Kier molecular flexibility index (Phi) is 4.10. The van der Waals surface area contributed by atoms with Gasteiger partial charge in [0, 0.05) is 26.6 Å². The van der Waals surface area contributed by atoms with Crippen LogP contribution in [0.2, 0.25) is 0 Å². The van der Waals surface area contributed by atoms with Crippen LogP contribution in [0.15, 0.2) is 9.59 Å². The highest BCUT2D eigenvalue weighted by Crippen LogP contribution is 2.14. The molecule has 0 radical (unpaired) electrons. The third-order valence-corrected chi connectivity index (χ3v) is 3.17. The minimum Gasteiger partial charge on any atom is -0.481 e. The van der Waals surface area contributed by atoms with Gasteiger partial charge < -0.3 is 15.0 Å². The Morgan fingerprint density at radius 1 is 1.43 bits per heavy atom. The van der Waals surface area contributed by atoms with Gasteiger partial charge in [0.25, 0.3) is 5.56 Å². The fourth-order valence-electron chi connectivity index (χ4n) is 2.12. The van der Waals surface area contributed by atoms with Gasteiger partial charge in [0.05, 0.1) is 0 Å². The highest BCUT2D eigenvalue weighted by atomic mass is 16.4. The molecule has 3 N–H and O–H groups in total. The number of carboxylic acids is 1. The van der Waals surface area contributed by atoms with E-state index in [9.17, 15) is 14.4 Å². The predicted octanol–water partition coefficient (Wildman–Crippen LogP) is -0.280. The topological polar surface area (TPSA) is 122 Å². The highest BCUT2D eigenvalue weighted by Gasteiger charge is 2.15. The minimum atomic E-state index is -0.861. The van der Waals surface area contributed by atoms with Gasteiger partial charge in [0.1, 0.15) is 0 Å². The van der Waals surface area contributed by atoms with Crippen molar-refractivity contribution in [1.82, 2.24) is 19.1 Å². The summed E-state index contributed by atoms with van der Waals surface area (Å²) >= 11 is 0. The van der Waals surface area contributed by atoms with Gasteiger partial charge in [-0.05, 0) is 13.3 Å². The Hall–Kier alpha value is -2.58. The number of carbonyl (C=O) groups is 1. The summed E-state index contributed by atoms with van der Waals surface area (Å²) in [4.78, 5) is 40.5. The molecule has 0 fully saturated rings. The molecule has 9 nitrogen and oxygen atoms in total. The Morgan fingerprint density at radius 3 is 2.76 bits per heavy atom. The van der Waals surface area contributed by atoms with Crippen LogP contribution in [-0.4, -0.2) is 36.7 Å². The summed E-state index contributed by atoms with van der Waals surface area (Å²) in [6.07, 6.45) is 0.496. The molecule has 0 bridgehead atoms. The van der Waals surface area contributed by atoms with E-state index < -0.39 is 17.2 Å². The SMILES string of the molecule is CCn1c(NCCCC(=O)O)nc2c1c(=O)[nH]c(=O)n2C. The van der Waals surface area contributed by atoms with E-state index in [1.165, 1.54) is 11.6 Å². The summed E-state index contributed by atoms with van der Waals surface area (Å²) in [5.41, 5.74) is -0.390. The second kappa shape index (κ2) is 5.81. The zero-order chi connectivity index (χ0) is 15.6. The van der Waals surface area contributed by atoms with Crippen molar-refractivity contribution in [2.45, 2.75) is 26.3 Å². The van der Waals surface area contributed by atoms with Crippen LogP contribution in [0, 0.1) is 0 Å². The molecule has 0 saturated heterocycles. The van der Waals surface area contributed by atoms with Crippen molar-refractivity contribution in [3.8, 4) is 0 Å². The summed E-state index contributed by atoms with van der Waals surface area (Å²) < 4.78 is 2.93. The zero-order valence-electron chi connectivity index (χ0n) is 11.8. The van der Waals surface area contributed by atoms with Gasteiger partial charge in [0.15, 0.2) is 11.2 Å². The second-order valence-electron chi connectivity index (χ2n) is 4.59. The maximum atomic E-state index is 11.9. The predicted molar refractivity (Wildman–Crippen MR) is 76.6 cm³/mol. The average Bonchev–Trinajstić information content (AvgIpc) is 2.80. The van der Waals surface area contributed by atoms with E-state index in [1.54, 1.807) is 4.57 Å². The molecule has 0 spiro atoms. The van der Waals surface area contributed by atoms with E-state index in [4.69, 9.17) is 5.11 Å². The van der Waals surface area contributed by atoms with Gasteiger partial charge in [-0.3, -0.25) is 19.1 Å². The number of aromatic amines is 1. The van der Waals surface area contributed by atoms with Crippen LogP contribution in [0.25, 0.3) is 11.2 Å². The van der Waals surface area contributed by atoms with E-state index in [0.717, 1.165) is 0 Å². The summed E-state index contributed by atoms with van der Waals surface area (Å²) in [6.45, 7) is 2.77. The van der Waals surface area contributed by atoms with Gasteiger partial charge in [0.2, 0.25) is 5.95 Å². The van der Waals surface area contributed by atoms with Gasteiger partial charge in [-0.25, -0.2) is 4.79 Å². The first kappa shape index (κ1) is 14.8. The molecule has 0 aliphatic carbocycles. The first-order valence-electron chi connectivity index (χ1n) is 6.61. The number of anilines is 1. The number of aryl methyl sites for hydroxylation is 2. The number of hydrogen-bond acceptors (Lipinski definition) is 5. The van der Waals surface area contributed by atoms with Crippen molar-refractivity contribution in [2.75, 3.05) is 11.9 Å². The summed E-state index contributed by atoms with van der Waals surface area (Å²) in [5, 5.41) is 11.6. The lowest BCUT2D eigenvalue weighted by atomic mass is 10.3. The molecule has 0 aromatic carbocycles. The molecule has 0 amide bonds. The minimum absolute atomic E-state index is 0.0540. The van der Waals surface area contributed by atoms with Gasteiger partial charge in [-0.15, -0.1) is 0 Å². The van der Waals surface area contributed by atoms with Crippen LogP contribution in [0.5, 0.6) is 0 Å². The Labute approximate surface area is 119 Å². The molecule has 0 aliphatic rings. The molecule has 0 unspecified atom stereocenters. The summed E-state index contributed by atoms with van der Waals surface area (Å²) in [5.74, 6) is -0.413. The quantitative estimate of drug-likeness (QED) is 0.630. The second-order valence-corrected chi connectivity index (χ2v) is 4.59. The van der Waals surface area contributed by atoms with Crippen molar-refractivity contribution in [3.05, 3.63) is 20.8 Å². The monoisotopic (exact) mass is 295 g/mol. The first-order chi connectivity index (χ1) is 9.95. The molecular weight excluding hydrogens is 278 g/mol. The number of nitrogens with one attached hydrogen (secondary N) is 2. The van der Waals surface area contributed by atoms with Gasteiger partial charge >= 0.3 is 11.7 Å². The molecule has 2 rings (SSSR count). The molecule has 0 aliphatic heterocycles. The molecule has 0 saturated carbocycles. The van der Waals surface area contributed by atoms with E-state index in [2.05, 4.69) is 15.3 Å². The van der Waals surface area contributed by atoms with E-state index in [0.29, 0.717) is 36.6 Å². The Morgan fingerprint density at radius 2 is 2.14 bits per heavy atom. The highest BCUT2D eigenvalue weighted by molar-refractivity contribution is 5.74. The van der Waals surface area contributed by atoms with Crippen LogP contribution < -0.4 is 16.6 Å². The summed E-state index contributed by atoms with van der Waals surface area (Å²) in [7, 11) is 1.53. The van der Waals surface area contributed by atoms with Crippen molar-refractivity contribution in [2.24, 2.45) is 7.05 Å². The number of imidazole rings is 1. The lowest BCUT2D eigenvalue weighted by molar-refractivity contribution is -0.137. The molecule has 21 heavy (non-hydrogen) atoms. The van der Waals surface area contributed by atoms with Crippen molar-refractivity contribution >= 4 is 23.1 Å². The maximum Gasteiger partial charge on any atom is 0.329 e. The molecule has 2 aromatic heterocycles. The smallest absolute Gasteiger partial charge is 0.329 e. The zero-order valence-corrected chi connectivity index (χ0v) is 11.8. The van der Waals surface area contributed by atoms with Crippen molar-refractivity contribution in [3.63, 3.8) is 0 Å². The number of hydrogen-bond donors (Lipinski definition) is 3. The van der Waals surface area contributed by atoms with E-state index >= 15 is 0 Å². The van der Waals surface area contributed by atoms with Crippen LogP contribution in [-0.2, 0) is 18.4 Å². The summed E-state index contributed by atoms with van der Waals surface area (Å²) in [6, 6.07) is 0. The molecule has 2 heterocycles. The van der Waals surface area contributed by atoms with Crippen molar-refractivity contribution in [1.29, 1.82) is 0 Å². The Balaban J connectivity index is 2.39.